The predicted molar refractivity (Wildman–Crippen MR) is 83.1 cm³/mol. The van der Waals surface area contributed by atoms with Gasteiger partial charge in [0, 0.05) is 6.04 Å². The van der Waals surface area contributed by atoms with Crippen LogP contribution in [0.15, 0.2) is 4.34 Å². The number of nitrogen functional groups attached to an aromatic ring is 1. The fourth-order valence-electron chi connectivity index (χ4n) is 2.30. The maximum absolute atomic E-state index is 11.8. The molecule has 1 saturated carbocycles. The van der Waals surface area contributed by atoms with Crippen molar-refractivity contribution in [2.75, 3.05) is 11.5 Å². The second-order valence-electron chi connectivity index (χ2n) is 5.08. The van der Waals surface area contributed by atoms with E-state index in [1.165, 1.54) is 29.5 Å². The maximum Gasteiger partial charge on any atom is 0.321 e. The van der Waals surface area contributed by atoms with Gasteiger partial charge < -0.3 is 11.1 Å². The molecule has 1 heterocycles. The van der Waals surface area contributed by atoms with Gasteiger partial charge in [0.15, 0.2) is 4.34 Å². The van der Waals surface area contributed by atoms with Crippen molar-refractivity contribution in [3.63, 3.8) is 0 Å². The van der Waals surface area contributed by atoms with Gasteiger partial charge in [0.1, 0.15) is 0 Å². The SMILES string of the molecule is C[C@H]1CCCC[C@@H]1NC(=O)NC(=O)CSc1nnc(N)s1. The van der Waals surface area contributed by atoms with Crippen LogP contribution in [0.2, 0.25) is 0 Å². The van der Waals surface area contributed by atoms with E-state index < -0.39 is 6.03 Å². The first-order valence-corrected chi connectivity index (χ1v) is 8.67. The second kappa shape index (κ2) is 7.60. The lowest BCUT2D eigenvalue weighted by Gasteiger charge is -2.29. The highest BCUT2D eigenvalue weighted by Crippen LogP contribution is 2.24. The largest absolute Gasteiger partial charge is 0.374 e. The Morgan fingerprint density at radius 3 is 2.81 bits per heavy atom. The minimum Gasteiger partial charge on any atom is -0.374 e. The minimum atomic E-state index is -0.420. The average Bonchev–Trinajstić information content (AvgIpc) is 2.85. The molecule has 21 heavy (non-hydrogen) atoms. The first-order valence-electron chi connectivity index (χ1n) is 6.86. The summed E-state index contributed by atoms with van der Waals surface area (Å²) in [6.45, 7) is 2.13. The predicted octanol–water partition coefficient (Wildman–Crippen LogP) is 1.62. The summed E-state index contributed by atoms with van der Waals surface area (Å²) in [5.41, 5.74) is 5.45. The molecule has 1 fully saturated rings. The van der Waals surface area contributed by atoms with Crippen LogP contribution in [0.4, 0.5) is 9.93 Å². The van der Waals surface area contributed by atoms with Crippen LogP contribution in [0.1, 0.15) is 32.6 Å². The third kappa shape index (κ3) is 5.16. The number of nitrogens with zero attached hydrogens (tertiary/aromatic N) is 2. The van der Waals surface area contributed by atoms with Crippen molar-refractivity contribution in [2.24, 2.45) is 5.92 Å². The normalized spacial score (nSPS) is 21.8. The van der Waals surface area contributed by atoms with Gasteiger partial charge in [0.25, 0.3) is 0 Å². The summed E-state index contributed by atoms with van der Waals surface area (Å²) in [6.07, 6.45) is 4.42. The summed E-state index contributed by atoms with van der Waals surface area (Å²) in [7, 11) is 0. The molecule has 2 rings (SSSR count). The summed E-state index contributed by atoms with van der Waals surface area (Å²) in [5, 5.41) is 13.0. The number of thioether (sulfide) groups is 1. The van der Waals surface area contributed by atoms with Crippen molar-refractivity contribution >= 4 is 40.2 Å². The molecule has 1 aliphatic carbocycles. The summed E-state index contributed by atoms with van der Waals surface area (Å²) >= 11 is 2.43. The van der Waals surface area contributed by atoms with Crippen LogP contribution in [0.5, 0.6) is 0 Å². The van der Waals surface area contributed by atoms with Gasteiger partial charge in [0.05, 0.1) is 5.75 Å². The van der Waals surface area contributed by atoms with Gasteiger partial charge in [-0.25, -0.2) is 4.79 Å². The van der Waals surface area contributed by atoms with Gasteiger partial charge in [-0.1, -0.05) is 42.9 Å². The van der Waals surface area contributed by atoms with Crippen LogP contribution in [0, 0.1) is 5.92 Å². The Hall–Kier alpha value is -1.35. The van der Waals surface area contributed by atoms with Crippen molar-refractivity contribution < 1.29 is 9.59 Å². The van der Waals surface area contributed by atoms with E-state index in [4.69, 9.17) is 5.73 Å². The lowest BCUT2D eigenvalue weighted by molar-refractivity contribution is -0.117. The van der Waals surface area contributed by atoms with E-state index in [0.717, 1.165) is 19.3 Å². The Kier molecular flexibility index (Phi) is 5.80. The highest BCUT2D eigenvalue weighted by atomic mass is 32.2. The van der Waals surface area contributed by atoms with Crippen molar-refractivity contribution in [3.8, 4) is 0 Å². The molecule has 2 atom stereocenters. The number of rotatable bonds is 4. The Morgan fingerprint density at radius 2 is 2.14 bits per heavy atom. The van der Waals surface area contributed by atoms with Gasteiger partial charge in [-0.15, -0.1) is 10.2 Å². The van der Waals surface area contributed by atoms with Gasteiger partial charge in [-0.05, 0) is 18.8 Å². The lowest BCUT2D eigenvalue weighted by atomic mass is 9.86. The van der Waals surface area contributed by atoms with E-state index in [1.54, 1.807) is 0 Å². The molecule has 4 N–H and O–H groups in total. The molecule has 0 spiro atoms. The van der Waals surface area contributed by atoms with E-state index in [2.05, 4.69) is 27.8 Å². The average molecular weight is 329 g/mol. The summed E-state index contributed by atoms with van der Waals surface area (Å²) in [5.74, 6) is 0.218. The van der Waals surface area contributed by atoms with Crippen LogP contribution < -0.4 is 16.4 Å². The molecule has 0 aliphatic heterocycles. The summed E-state index contributed by atoms with van der Waals surface area (Å²) < 4.78 is 0.615. The number of anilines is 1. The van der Waals surface area contributed by atoms with Gasteiger partial charge in [0.2, 0.25) is 11.0 Å². The van der Waals surface area contributed by atoms with Gasteiger partial charge in [-0.3, -0.25) is 10.1 Å². The lowest BCUT2D eigenvalue weighted by Crippen LogP contribution is -2.48. The van der Waals surface area contributed by atoms with Crippen molar-refractivity contribution in [1.82, 2.24) is 20.8 Å². The van der Waals surface area contributed by atoms with E-state index in [1.807, 2.05) is 0 Å². The van der Waals surface area contributed by atoms with E-state index in [0.29, 0.717) is 15.4 Å². The molecule has 0 unspecified atom stereocenters. The number of aromatic nitrogens is 2. The Balaban J connectivity index is 1.70. The number of hydrogen-bond donors (Lipinski definition) is 3. The third-order valence-corrected chi connectivity index (χ3v) is 5.32. The smallest absolute Gasteiger partial charge is 0.321 e. The second-order valence-corrected chi connectivity index (χ2v) is 7.32. The van der Waals surface area contributed by atoms with Gasteiger partial charge >= 0.3 is 6.03 Å². The van der Waals surface area contributed by atoms with Crippen LogP contribution in [0.25, 0.3) is 0 Å². The van der Waals surface area contributed by atoms with Crippen molar-refractivity contribution in [2.45, 2.75) is 43.0 Å². The Labute approximate surface area is 131 Å². The van der Waals surface area contributed by atoms with Crippen molar-refractivity contribution in [1.29, 1.82) is 0 Å². The molecule has 0 radical (unpaired) electrons. The molecule has 1 aromatic heterocycles. The third-order valence-electron chi connectivity index (χ3n) is 3.43. The first-order chi connectivity index (χ1) is 10.0. The number of urea groups is 1. The standard InChI is InChI=1S/C12H19N5O2S2/c1-7-4-2-3-5-8(7)14-11(19)15-9(18)6-20-12-17-16-10(13)21-12/h7-8H,2-6H2,1H3,(H2,13,16)(H2,14,15,18,19)/t7-,8-/m0/s1. The molecule has 9 heteroatoms. The molecular weight excluding hydrogens is 310 g/mol. The van der Waals surface area contributed by atoms with Gasteiger partial charge in [-0.2, -0.15) is 0 Å². The number of carbonyl (C=O) groups is 2. The number of carbonyl (C=O) groups excluding carboxylic acids is 2. The number of nitrogens with two attached hydrogens (primary N) is 1. The van der Waals surface area contributed by atoms with Crippen LogP contribution in [0.3, 0.4) is 0 Å². The molecule has 3 amide bonds. The maximum atomic E-state index is 11.8. The van der Waals surface area contributed by atoms with Crippen molar-refractivity contribution in [3.05, 3.63) is 0 Å². The topological polar surface area (TPSA) is 110 Å². The van der Waals surface area contributed by atoms with E-state index >= 15 is 0 Å². The number of imide groups is 1. The molecule has 7 nitrogen and oxygen atoms in total. The number of hydrogen-bond acceptors (Lipinski definition) is 7. The molecule has 116 valence electrons. The summed E-state index contributed by atoms with van der Waals surface area (Å²) in [6, 6.07) is -0.265. The minimum absolute atomic E-state index is 0.113. The first kappa shape index (κ1) is 16.0. The molecule has 1 aromatic rings. The molecule has 0 saturated heterocycles. The fourth-order valence-corrected chi connectivity index (χ4v) is 3.74. The zero-order chi connectivity index (χ0) is 15.2. The van der Waals surface area contributed by atoms with E-state index in [9.17, 15) is 9.59 Å². The highest BCUT2D eigenvalue weighted by molar-refractivity contribution is 8.01. The number of nitrogens with one attached hydrogen (secondary N) is 2. The Morgan fingerprint density at radius 1 is 1.38 bits per heavy atom. The Bertz CT molecular complexity index is 508. The fraction of sp³-hybridized carbons (Fsp3) is 0.667. The quantitative estimate of drug-likeness (QED) is 0.724. The molecule has 0 aromatic carbocycles. The number of amides is 3. The van der Waals surface area contributed by atoms with Crippen LogP contribution in [-0.4, -0.2) is 33.9 Å². The molecule has 1 aliphatic rings. The van der Waals surface area contributed by atoms with E-state index in [-0.39, 0.29) is 17.7 Å². The zero-order valence-corrected chi connectivity index (χ0v) is 13.4. The van der Waals surface area contributed by atoms with Crippen LogP contribution in [-0.2, 0) is 4.79 Å². The monoisotopic (exact) mass is 329 g/mol. The highest BCUT2D eigenvalue weighted by Gasteiger charge is 2.23. The summed E-state index contributed by atoms with van der Waals surface area (Å²) in [4.78, 5) is 23.5. The van der Waals surface area contributed by atoms with Crippen LogP contribution >= 0.6 is 23.1 Å². The molecular formula is C12H19N5O2S2. The zero-order valence-electron chi connectivity index (χ0n) is 11.8. The molecule has 0 bridgehead atoms.